The Hall–Kier alpha value is -1.05. The van der Waals surface area contributed by atoms with Gasteiger partial charge in [-0.3, -0.25) is 0 Å². The maximum atomic E-state index is 13.0. The summed E-state index contributed by atoms with van der Waals surface area (Å²) >= 11 is 12.1. The Bertz CT molecular complexity index is 549. The normalized spacial score (nSPS) is 12.4. The van der Waals surface area contributed by atoms with Gasteiger partial charge < -0.3 is 0 Å². The predicted molar refractivity (Wildman–Crippen MR) is 79.8 cm³/mol. The van der Waals surface area contributed by atoms with E-state index in [9.17, 15) is 4.39 Å². The third kappa shape index (κ3) is 3.71. The standard InChI is InChI=1S/C16H15Cl2F/c1-11-2-4-12(5-3-11)14(10-17)8-13-6-7-15(19)9-16(13)18/h2-7,9,14H,8,10H2,1H3. The maximum Gasteiger partial charge on any atom is 0.124 e. The van der Waals surface area contributed by atoms with Gasteiger partial charge in [0, 0.05) is 16.8 Å². The van der Waals surface area contributed by atoms with Crippen LogP contribution in [0.4, 0.5) is 4.39 Å². The summed E-state index contributed by atoms with van der Waals surface area (Å²) in [5.74, 6) is 0.383. The van der Waals surface area contributed by atoms with Crippen molar-refractivity contribution in [1.29, 1.82) is 0 Å². The first-order valence-electron chi connectivity index (χ1n) is 6.16. The van der Waals surface area contributed by atoms with E-state index >= 15 is 0 Å². The van der Waals surface area contributed by atoms with E-state index in [4.69, 9.17) is 23.2 Å². The lowest BCUT2D eigenvalue weighted by Gasteiger charge is -2.15. The zero-order valence-electron chi connectivity index (χ0n) is 10.7. The summed E-state index contributed by atoms with van der Waals surface area (Å²) in [6, 6.07) is 12.8. The van der Waals surface area contributed by atoms with E-state index in [0.717, 1.165) is 5.56 Å². The summed E-state index contributed by atoms with van der Waals surface area (Å²) in [6.45, 7) is 2.05. The van der Waals surface area contributed by atoms with Crippen LogP contribution in [0.15, 0.2) is 42.5 Å². The molecule has 0 aromatic heterocycles. The van der Waals surface area contributed by atoms with Crippen molar-refractivity contribution >= 4 is 23.2 Å². The Morgan fingerprint density at radius 2 is 1.79 bits per heavy atom. The molecule has 1 unspecified atom stereocenters. The van der Waals surface area contributed by atoms with E-state index in [1.54, 1.807) is 6.07 Å². The van der Waals surface area contributed by atoms with E-state index in [1.807, 2.05) is 0 Å². The zero-order chi connectivity index (χ0) is 13.8. The van der Waals surface area contributed by atoms with Crippen molar-refractivity contribution in [2.24, 2.45) is 0 Å². The summed E-state index contributed by atoms with van der Waals surface area (Å²) in [4.78, 5) is 0. The zero-order valence-corrected chi connectivity index (χ0v) is 12.2. The molecular formula is C16H15Cl2F. The quantitative estimate of drug-likeness (QED) is 0.667. The lowest BCUT2D eigenvalue weighted by atomic mass is 9.93. The van der Waals surface area contributed by atoms with Crippen LogP contribution < -0.4 is 0 Å². The molecule has 0 aliphatic rings. The number of benzene rings is 2. The average molecular weight is 297 g/mol. The Labute approximate surface area is 123 Å². The predicted octanol–water partition coefficient (Wildman–Crippen LogP) is 5.35. The molecule has 1 atom stereocenters. The van der Waals surface area contributed by atoms with Crippen LogP contribution in [0.25, 0.3) is 0 Å². The first-order chi connectivity index (χ1) is 9.10. The highest BCUT2D eigenvalue weighted by atomic mass is 35.5. The highest BCUT2D eigenvalue weighted by Gasteiger charge is 2.13. The molecule has 0 N–H and O–H groups in total. The van der Waals surface area contributed by atoms with Crippen LogP contribution in [-0.2, 0) is 6.42 Å². The lowest BCUT2D eigenvalue weighted by Crippen LogP contribution is -2.05. The second-order valence-corrected chi connectivity index (χ2v) is 5.42. The smallest absolute Gasteiger partial charge is 0.124 e. The van der Waals surface area contributed by atoms with Crippen LogP contribution in [0.2, 0.25) is 5.02 Å². The third-order valence-corrected chi connectivity index (χ3v) is 3.94. The number of alkyl halides is 1. The molecular weight excluding hydrogens is 282 g/mol. The van der Waals surface area contributed by atoms with Gasteiger partial charge in [-0.15, -0.1) is 11.6 Å². The molecule has 2 aromatic carbocycles. The second kappa shape index (κ2) is 6.40. The molecule has 0 bridgehead atoms. The first kappa shape index (κ1) is 14.4. The third-order valence-electron chi connectivity index (χ3n) is 3.22. The van der Waals surface area contributed by atoms with Gasteiger partial charge in [-0.25, -0.2) is 4.39 Å². The molecule has 100 valence electrons. The Morgan fingerprint density at radius 1 is 1.11 bits per heavy atom. The average Bonchev–Trinajstić information content (AvgIpc) is 2.39. The Morgan fingerprint density at radius 3 is 2.37 bits per heavy atom. The van der Waals surface area contributed by atoms with Crippen LogP contribution in [0.5, 0.6) is 0 Å². The van der Waals surface area contributed by atoms with E-state index in [1.165, 1.54) is 23.3 Å². The van der Waals surface area contributed by atoms with E-state index in [2.05, 4.69) is 31.2 Å². The molecule has 0 aliphatic heterocycles. The number of rotatable bonds is 4. The Kier molecular flexibility index (Phi) is 4.84. The van der Waals surface area contributed by atoms with Gasteiger partial charge in [0.2, 0.25) is 0 Å². The minimum Gasteiger partial charge on any atom is -0.207 e. The van der Waals surface area contributed by atoms with Gasteiger partial charge in [0.25, 0.3) is 0 Å². The van der Waals surface area contributed by atoms with Gasteiger partial charge in [-0.2, -0.15) is 0 Å². The summed E-state index contributed by atoms with van der Waals surface area (Å²) in [7, 11) is 0. The van der Waals surface area contributed by atoms with Crippen molar-refractivity contribution in [1.82, 2.24) is 0 Å². The SMILES string of the molecule is Cc1ccc(C(CCl)Cc2ccc(F)cc2Cl)cc1. The van der Waals surface area contributed by atoms with Crippen molar-refractivity contribution < 1.29 is 4.39 Å². The summed E-state index contributed by atoms with van der Waals surface area (Å²) in [5.41, 5.74) is 3.33. The number of hydrogen-bond donors (Lipinski definition) is 0. The molecule has 0 spiro atoms. The molecule has 0 saturated carbocycles. The largest absolute Gasteiger partial charge is 0.207 e. The number of halogens is 3. The fraction of sp³-hybridized carbons (Fsp3) is 0.250. The van der Waals surface area contributed by atoms with Gasteiger partial charge >= 0.3 is 0 Å². The lowest BCUT2D eigenvalue weighted by molar-refractivity contribution is 0.626. The molecule has 19 heavy (non-hydrogen) atoms. The van der Waals surface area contributed by atoms with Gasteiger partial charge in [0.15, 0.2) is 0 Å². The molecule has 2 rings (SSSR count). The highest BCUT2D eigenvalue weighted by Crippen LogP contribution is 2.27. The minimum atomic E-state index is -0.313. The molecule has 0 aliphatic carbocycles. The molecule has 2 aromatic rings. The van der Waals surface area contributed by atoms with E-state index in [0.29, 0.717) is 17.3 Å². The van der Waals surface area contributed by atoms with Crippen LogP contribution >= 0.6 is 23.2 Å². The number of aryl methyl sites for hydroxylation is 1. The number of hydrogen-bond acceptors (Lipinski definition) is 0. The summed E-state index contributed by atoms with van der Waals surface area (Å²) < 4.78 is 13.0. The highest BCUT2D eigenvalue weighted by molar-refractivity contribution is 6.31. The van der Waals surface area contributed by atoms with Gasteiger partial charge in [0.1, 0.15) is 5.82 Å². The monoisotopic (exact) mass is 296 g/mol. The minimum absolute atomic E-state index is 0.185. The van der Waals surface area contributed by atoms with Gasteiger partial charge in [-0.1, -0.05) is 47.5 Å². The molecule has 0 fully saturated rings. The molecule has 0 amide bonds. The fourth-order valence-electron chi connectivity index (χ4n) is 2.05. The van der Waals surface area contributed by atoms with E-state index in [-0.39, 0.29) is 11.7 Å². The van der Waals surface area contributed by atoms with Crippen molar-refractivity contribution in [3.63, 3.8) is 0 Å². The van der Waals surface area contributed by atoms with Gasteiger partial charge in [0.05, 0.1) is 0 Å². The molecule has 0 nitrogen and oxygen atoms in total. The summed E-state index contributed by atoms with van der Waals surface area (Å²) in [5, 5.41) is 0.460. The van der Waals surface area contributed by atoms with Crippen LogP contribution in [0, 0.1) is 12.7 Å². The van der Waals surface area contributed by atoms with Gasteiger partial charge in [-0.05, 0) is 36.6 Å². The molecule has 0 heterocycles. The fourth-order valence-corrected chi connectivity index (χ4v) is 2.58. The van der Waals surface area contributed by atoms with Crippen molar-refractivity contribution in [3.8, 4) is 0 Å². The molecule has 0 radical (unpaired) electrons. The maximum absolute atomic E-state index is 13.0. The van der Waals surface area contributed by atoms with Crippen molar-refractivity contribution in [2.45, 2.75) is 19.3 Å². The van der Waals surface area contributed by atoms with Crippen molar-refractivity contribution in [3.05, 3.63) is 70.0 Å². The van der Waals surface area contributed by atoms with Crippen LogP contribution in [0.1, 0.15) is 22.6 Å². The Balaban J connectivity index is 2.21. The summed E-state index contributed by atoms with van der Waals surface area (Å²) in [6.07, 6.45) is 0.714. The molecule has 0 saturated heterocycles. The van der Waals surface area contributed by atoms with Crippen molar-refractivity contribution in [2.75, 3.05) is 5.88 Å². The second-order valence-electron chi connectivity index (χ2n) is 4.70. The first-order valence-corrected chi connectivity index (χ1v) is 7.08. The van der Waals surface area contributed by atoms with Crippen LogP contribution in [-0.4, -0.2) is 5.88 Å². The molecule has 3 heteroatoms. The van der Waals surface area contributed by atoms with E-state index < -0.39 is 0 Å². The van der Waals surface area contributed by atoms with Crippen LogP contribution in [0.3, 0.4) is 0 Å². The topological polar surface area (TPSA) is 0 Å².